The van der Waals surface area contributed by atoms with Crippen LogP contribution in [-0.2, 0) is 5.33 Å². The van der Waals surface area contributed by atoms with Crippen LogP contribution >= 0.6 is 55.0 Å². The lowest BCUT2D eigenvalue weighted by Gasteiger charge is -1.99. The number of thioether (sulfide) groups is 1. The van der Waals surface area contributed by atoms with Crippen molar-refractivity contribution in [3.05, 3.63) is 28.2 Å². The number of hydrogen-bond acceptors (Lipinski definition) is 2. The number of hydrogen-bond donors (Lipinski definition) is 0. The monoisotopic (exact) mass is 350 g/mol. The van der Waals surface area contributed by atoms with Gasteiger partial charge < -0.3 is 0 Å². The number of thiophene rings is 1. The molecular formula is C10H8Br2S2. The summed E-state index contributed by atoms with van der Waals surface area (Å²) in [5.41, 5.74) is 1.37. The van der Waals surface area contributed by atoms with Crippen molar-refractivity contribution < 1.29 is 0 Å². The maximum atomic E-state index is 3.58. The van der Waals surface area contributed by atoms with Gasteiger partial charge in [-0.15, -0.1) is 23.1 Å². The molecule has 1 heterocycles. The van der Waals surface area contributed by atoms with Crippen molar-refractivity contribution in [1.29, 1.82) is 0 Å². The Morgan fingerprint density at radius 3 is 2.86 bits per heavy atom. The van der Waals surface area contributed by atoms with Crippen molar-refractivity contribution in [3.63, 3.8) is 0 Å². The molecule has 0 bridgehead atoms. The summed E-state index contributed by atoms with van der Waals surface area (Å²) in [6.45, 7) is 0. The van der Waals surface area contributed by atoms with E-state index in [4.69, 9.17) is 0 Å². The zero-order valence-electron chi connectivity index (χ0n) is 7.51. The van der Waals surface area contributed by atoms with E-state index >= 15 is 0 Å². The van der Waals surface area contributed by atoms with Crippen LogP contribution in [0.1, 0.15) is 5.56 Å². The van der Waals surface area contributed by atoms with E-state index in [9.17, 15) is 0 Å². The number of alkyl halides is 1. The first kappa shape index (κ1) is 11.0. The van der Waals surface area contributed by atoms with E-state index in [-0.39, 0.29) is 0 Å². The molecule has 4 heteroatoms. The summed E-state index contributed by atoms with van der Waals surface area (Å²) in [7, 11) is 0. The van der Waals surface area contributed by atoms with Crippen molar-refractivity contribution in [2.45, 2.75) is 9.54 Å². The number of halogens is 2. The van der Waals surface area contributed by atoms with Crippen LogP contribution in [0, 0.1) is 0 Å². The Morgan fingerprint density at radius 2 is 2.21 bits per heavy atom. The van der Waals surface area contributed by atoms with Gasteiger partial charge >= 0.3 is 0 Å². The molecule has 0 saturated heterocycles. The van der Waals surface area contributed by atoms with Gasteiger partial charge in [0.1, 0.15) is 0 Å². The summed E-state index contributed by atoms with van der Waals surface area (Å²) in [4.78, 5) is 0. The highest BCUT2D eigenvalue weighted by Crippen LogP contribution is 2.38. The molecule has 0 spiro atoms. The Kier molecular flexibility index (Phi) is 3.58. The number of benzene rings is 1. The molecular weight excluding hydrogens is 344 g/mol. The predicted molar refractivity (Wildman–Crippen MR) is 73.9 cm³/mol. The first-order chi connectivity index (χ1) is 6.76. The van der Waals surface area contributed by atoms with Gasteiger partial charge in [-0.25, -0.2) is 0 Å². The van der Waals surface area contributed by atoms with E-state index in [1.807, 2.05) is 11.3 Å². The van der Waals surface area contributed by atoms with Gasteiger partial charge in [0.2, 0.25) is 0 Å². The molecule has 0 aliphatic carbocycles. The molecule has 14 heavy (non-hydrogen) atoms. The summed E-state index contributed by atoms with van der Waals surface area (Å²) in [6, 6.07) is 6.54. The predicted octanol–water partition coefficient (Wildman–Crippen LogP) is 5.28. The third kappa shape index (κ3) is 1.90. The van der Waals surface area contributed by atoms with Gasteiger partial charge in [-0.3, -0.25) is 0 Å². The van der Waals surface area contributed by atoms with Crippen LogP contribution in [0.5, 0.6) is 0 Å². The summed E-state index contributed by atoms with van der Waals surface area (Å²) in [6.07, 6.45) is 2.12. The molecule has 0 aliphatic rings. The van der Waals surface area contributed by atoms with Crippen LogP contribution in [0.25, 0.3) is 10.1 Å². The van der Waals surface area contributed by atoms with Gasteiger partial charge in [0.05, 0.1) is 4.21 Å². The fourth-order valence-electron chi connectivity index (χ4n) is 1.33. The van der Waals surface area contributed by atoms with Gasteiger partial charge in [0, 0.05) is 19.9 Å². The summed E-state index contributed by atoms with van der Waals surface area (Å²) in [5, 5.41) is 2.25. The van der Waals surface area contributed by atoms with Crippen LogP contribution < -0.4 is 0 Å². The Balaban J connectivity index is 2.74. The molecule has 0 atom stereocenters. The molecule has 0 saturated carbocycles. The highest BCUT2D eigenvalue weighted by atomic mass is 79.9. The van der Waals surface area contributed by atoms with Crippen molar-refractivity contribution in [1.82, 2.24) is 0 Å². The molecule has 0 amide bonds. The van der Waals surface area contributed by atoms with Gasteiger partial charge in [-0.2, -0.15) is 0 Å². The SMILES string of the molecule is CSc1cc2c(Br)ccc(CBr)c2s1. The normalized spacial score (nSPS) is 11.1. The molecule has 2 rings (SSSR count). The molecule has 0 unspecified atom stereocenters. The number of rotatable bonds is 2. The van der Waals surface area contributed by atoms with Crippen molar-refractivity contribution in [2.75, 3.05) is 6.26 Å². The molecule has 0 aliphatic heterocycles. The second-order valence-electron chi connectivity index (χ2n) is 2.85. The van der Waals surface area contributed by atoms with E-state index in [1.54, 1.807) is 11.8 Å². The van der Waals surface area contributed by atoms with Crippen LogP contribution in [0.15, 0.2) is 26.9 Å². The average Bonchev–Trinajstić information content (AvgIpc) is 2.63. The lowest BCUT2D eigenvalue weighted by molar-refractivity contribution is 1.50. The minimum Gasteiger partial charge on any atom is -0.128 e. The molecule has 0 N–H and O–H groups in total. The average molecular weight is 352 g/mol. The minimum atomic E-state index is 0.922. The van der Waals surface area contributed by atoms with E-state index in [0.717, 1.165) is 5.33 Å². The molecule has 2 aromatic rings. The Labute approximate surface area is 108 Å². The quantitative estimate of drug-likeness (QED) is 0.523. The van der Waals surface area contributed by atoms with Crippen molar-refractivity contribution >= 4 is 65.0 Å². The van der Waals surface area contributed by atoms with Gasteiger partial charge in [-0.1, -0.05) is 37.9 Å². The first-order valence-corrected chi connectivity index (χ1v) is 8.02. The third-order valence-electron chi connectivity index (χ3n) is 2.03. The lowest BCUT2D eigenvalue weighted by atomic mass is 10.2. The van der Waals surface area contributed by atoms with Crippen LogP contribution in [0.2, 0.25) is 0 Å². The zero-order chi connectivity index (χ0) is 10.1. The third-order valence-corrected chi connectivity index (χ3v) is 5.61. The zero-order valence-corrected chi connectivity index (χ0v) is 12.3. The standard InChI is InChI=1S/C10H8Br2S2/c1-13-9-4-7-8(12)3-2-6(5-11)10(7)14-9/h2-4H,5H2,1H3. The fraction of sp³-hybridized carbons (Fsp3) is 0.200. The molecule has 1 aromatic carbocycles. The maximum absolute atomic E-state index is 3.58. The summed E-state index contributed by atoms with van der Waals surface area (Å²) >= 11 is 10.8. The van der Waals surface area contributed by atoms with Crippen LogP contribution in [-0.4, -0.2) is 6.26 Å². The van der Waals surface area contributed by atoms with Gasteiger partial charge in [0.15, 0.2) is 0 Å². The minimum absolute atomic E-state index is 0.922. The van der Waals surface area contributed by atoms with Crippen molar-refractivity contribution in [3.8, 4) is 0 Å². The van der Waals surface area contributed by atoms with E-state index < -0.39 is 0 Å². The van der Waals surface area contributed by atoms with Crippen LogP contribution in [0.3, 0.4) is 0 Å². The molecule has 0 radical (unpaired) electrons. The van der Waals surface area contributed by atoms with Gasteiger partial charge in [0.25, 0.3) is 0 Å². The summed E-state index contributed by atoms with van der Waals surface area (Å²) < 4.78 is 3.95. The fourth-order valence-corrected chi connectivity index (χ4v) is 4.31. The van der Waals surface area contributed by atoms with E-state index in [2.05, 4.69) is 56.3 Å². The Bertz CT molecular complexity index is 462. The smallest absolute Gasteiger partial charge is 0.0608 e. The Hall–Kier alpha value is 0.490. The van der Waals surface area contributed by atoms with Crippen LogP contribution in [0.4, 0.5) is 0 Å². The first-order valence-electron chi connectivity index (χ1n) is 4.07. The maximum Gasteiger partial charge on any atom is 0.0608 e. The highest BCUT2D eigenvalue weighted by Gasteiger charge is 2.07. The largest absolute Gasteiger partial charge is 0.128 e. The molecule has 0 nitrogen and oxygen atoms in total. The van der Waals surface area contributed by atoms with Gasteiger partial charge in [-0.05, 0) is 24.0 Å². The molecule has 74 valence electrons. The van der Waals surface area contributed by atoms with Crippen molar-refractivity contribution in [2.24, 2.45) is 0 Å². The second-order valence-corrected chi connectivity index (χ2v) is 6.43. The molecule has 1 aromatic heterocycles. The summed E-state index contributed by atoms with van der Waals surface area (Å²) in [5.74, 6) is 0. The lowest BCUT2D eigenvalue weighted by Crippen LogP contribution is -1.76. The second kappa shape index (κ2) is 4.56. The molecule has 0 fully saturated rings. The number of fused-ring (bicyclic) bond motifs is 1. The highest BCUT2D eigenvalue weighted by molar-refractivity contribution is 9.10. The van der Waals surface area contributed by atoms with E-state index in [1.165, 1.54) is 24.3 Å². The topological polar surface area (TPSA) is 0 Å². The Morgan fingerprint density at radius 1 is 1.43 bits per heavy atom. The van der Waals surface area contributed by atoms with E-state index in [0.29, 0.717) is 0 Å².